The number of amides is 2. The molecule has 0 aliphatic carbocycles. The van der Waals surface area contributed by atoms with Crippen molar-refractivity contribution < 1.29 is 14.3 Å². The SMILES string of the molecule is NC(=O)c1nc[nH]c1C(=O)Nc1ccc(OCCCN2CCNCC2)cc1Cl. The monoisotopic (exact) mass is 406 g/mol. The van der Waals surface area contributed by atoms with Gasteiger partial charge in [-0.2, -0.15) is 0 Å². The molecule has 3 rings (SSSR count). The van der Waals surface area contributed by atoms with E-state index in [9.17, 15) is 9.59 Å². The van der Waals surface area contributed by atoms with Crippen LogP contribution in [-0.2, 0) is 0 Å². The maximum absolute atomic E-state index is 12.3. The van der Waals surface area contributed by atoms with E-state index >= 15 is 0 Å². The molecule has 9 nitrogen and oxygen atoms in total. The first-order valence-corrected chi connectivity index (χ1v) is 9.42. The van der Waals surface area contributed by atoms with Crippen molar-refractivity contribution in [2.75, 3.05) is 44.6 Å². The van der Waals surface area contributed by atoms with Gasteiger partial charge in [0.1, 0.15) is 11.4 Å². The van der Waals surface area contributed by atoms with E-state index in [1.165, 1.54) is 6.33 Å². The second kappa shape index (κ2) is 9.54. The summed E-state index contributed by atoms with van der Waals surface area (Å²) in [6.07, 6.45) is 2.15. The Morgan fingerprint density at radius 1 is 1.32 bits per heavy atom. The van der Waals surface area contributed by atoms with Gasteiger partial charge >= 0.3 is 0 Å². The summed E-state index contributed by atoms with van der Waals surface area (Å²) in [4.78, 5) is 32.3. The highest BCUT2D eigenvalue weighted by molar-refractivity contribution is 6.34. The summed E-state index contributed by atoms with van der Waals surface area (Å²) < 4.78 is 5.74. The van der Waals surface area contributed by atoms with Gasteiger partial charge in [-0.15, -0.1) is 0 Å². The topological polar surface area (TPSA) is 125 Å². The summed E-state index contributed by atoms with van der Waals surface area (Å²) in [6, 6.07) is 5.02. The molecule has 1 fully saturated rings. The predicted octanol–water partition coefficient (Wildman–Crippen LogP) is 1.09. The van der Waals surface area contributed by atoms with Gasteiger partial charge < -0.3 is 31.0 Å². The largest absolute Gasteiger partial charge is 0.493 e. The van der Waals surface area contributed by atoms with Gasteiger partial charge in [0.25, 0.3) is 11.8 Å². The number of rotatable bonds is 8. The van der Waals surface area contributed by atoms with Crippen LogP contribution in [0.3, 0.4) is 0 Å². The van der Waals surface area contributed by atoms with Crippen LogP contribution in [0.2, 0.25) is 5.02 Å². The van der Waals surface area contributed by atoms with E-state index in [4.69, 9.17) is 22.1 Å². The number of nitrogens with one attached hydrogen (secondary N) is 3. The Morgan fingerprint density at radius 3 is 2.82 bits per heavy atom. The molecule has 10 heteroatoms. The number of nitrogens with zero attached hydrogens (tertiary/aromatic N) is 2. The first kappa shape index (κ1) is 20.1. The third-order valence-electron chi connectivity index (χ3n) is 4.39. The highest BCUT2D eigenvalue weighted by Gasteiger charge is 2.19. The molecule has 1 aromatic carbocycles. The summed E-state index contributed by atoms with van der Waals surface area (Å²) in [6.45, 7) is 5.77. The predicted molar refractivity (Wildman–Crippen MR) is 106 cm³/mol. The van der Waals surface area contributed by atoms with Crippen LogP contribution in [0.1, 0.15) is 27.4 Å². The number of aromatic nitrogens is 2. The molecule has 28 heavy (non-hydrogen) atoms. The Hall–Kier alpha value is -2.62. The van der Waals surface area contributed by atoms with E-state index in [-0.39, 0.29) is 11.4 Å². The highest BCUT2D eigenvalue weighted by atomic mass is 35.5. The number of piperazine rings is 1. The number of nitrogens with two attached hydrogens (primary N) is 1. The van der Waals surface area contributed by atoms with Crippen molar-refractivity contribution in [3.63, 3.8) is 0 Å². The number of carbonyl (C=O) groups is 2. The molecular weight excluding hydrogens is 384 g/mol. The Bertz CT molecular complexity index is 834. The minimum Gasteiger partial charge on any atom is -0.493 e. The number of H-pyrrole nitrogens is 1. The Morgan fingerprint density at radius 2 is 2.11 bits per heavy atom. The van der Waals surface area contributed by atoms with Gasteiger partial charge in [-0.25, -0.2) is 4.98 Å². The number of anilines is 1. The van der Waals surface area contributed by atoms with Crippen LogP contribution in [0.25, 0.3) is 0 Å². The normalized spacial score (nSPS) is 14.6. The van der Waals surface area contributed by atoms with Crippen LogP contribution < -0.4 is 21.1 Å². The Balaban J connectivity index is 1.51. The smallest absolute Gasteiger partial charge is 0.274 e. The van der Waals surface area contributed by atoms with Gasteiger partial charge in [-0.1, -0.05) is 11.6 Å². The van der Waals surface area contributed by atoms with Crippen LogP contribution in [-0.4, -0.2) is 66.0 Å². The van der Waals surface area contributed by atoms with Crippen molar-refractivity contribution in [3.8, 4) is 5.75 Å². The number of aromatic amines is 1. The van der Waals surface area contributed by atoms with Crippen molar-refractivity contribution in [1.29, 1.82) is 0 Å². The zero-order valence-corrected chi connectivity index (χ0v) is 16.1. The van der Waals surface area contributed by atoms with Crippen molar-refractivity contribution in [2.24, 2.45) is 5.73 Å². The van der Waals surface area contributed by atoms with Gasteiger partial charge in [0, 0.05) is 38.8 Å². The molecule has 2 amide bonds. The molecule has 2 heterocycles. The minimum atomic E-state index is -0.790. The van der Waals surface area contributed by atoms with E-state index in [1.807, 2.05) is 0 Å². The van der Waals surface area contributed by atoms with Crippen molar-refractivity contribution in [3.05, 3.63) is 40.9 Å². The van der Waals surface area contributed by atoms with Crippen molar-refractivity contribution in [1.82, 2.24) is 20.2 Å². The molecule has 0 saturated carbocycles. The summed E-state index contributed by atoms with van der Waals surface area (Å²) in [5.41, 5.74) is 5.45. The average Bonchev–Trinajstić information content (AvgIpc) is 3.18. The lowest BCUT2D eigenvalue weighted by Gasteiger charge is -2.26. The molecule has 1 aromatic heterocycles. The highest BCUT2D eigenvalue weighted by Crippen LogP contribution is 2.27. The quantitative estimate of drug-likeness (QED) is 0.486. The fraction of sp³-hybridized carbons (Fsp3) is 0.389. The molecule has 0 radical (unpaired) electrons. The first-order valence-electron chi connectivity index (χ1n) is 9.04. The van der Waals surface area contributed by atoms with Crippen LogP contribution >= 0.6 is 11.6 Å². The van der Waals surface area contributed by atoms with Crippen LogP contribution in [0.15, 0.2) is 24.5 Å². The lowest BCUT2D eigenvalue weighted by molar-refractivity contribution is 0.0972. The maximum atomic E-state index is 12.3. The molecule has 0 spiro atoms. The number of benzene rings is 1. The Labute approximate surface area is 167 Å². The summed E-state index contributed by atoms with van der Waals surface area (Å²) in [5.74, 6) is -0.720. The van der Waals surface area contributed by atoms with E-state index in [0.717, 1.165) is 39.1 Å². The summed E-state index contributed by atoms with van der Waals surface area (Å²) in [7, 11) is 0. The van der Waals surface area contributed by atoms with E-state index in [1.54, 1.807) is 18.2 Å². The number of hydrogen-bond acceptors (Lipinski definition) is 6. The van der Waals surface area contributed by atoms with Crippen molar-refractivity contribution >= 4 is 29.1 Å². The third-order valence-corrected chi connectivity index (χ3v) is 4.70. The van der Waals surface area contributed by atoms with Crippen LogP contribution in [0, 0.1) is 0 Å². The number of halogens is 1. The van der Waals surface area contributed by atoms with Gasteiger partial charge in [0.2, 0.25) is 0 Å². The summed E-state index contributed by atoms with van der Waals surface area (Å²) >= 11 is 6.24. The third kappa shape index (κ3) is 5.22. The Kier molecular flexibility index (Phi) is 6.85. The number of hydrogen-bond donors (Lipinski definition) is 4. The lowest BCUT2D eigenvalue weighted by Crippen LogP contribution is -2.43. The molecular formula is C18H23ClN6O3. The zero-order chi connectivity index (χ0) is 19.9. The standard InChI is InChI=1S/C18H23ClN6O3/c19-13-10-12(28-9-1-6-25-7-4-21-5-8-25)2-3-14(13)24-18(27)16-15(17(20)26)22-11-23-16/h2-3,10-11,21H,1,4-9H2,(H2,20,26)(H,22,23)(H,24,27). The molecule has 1 aliphatic heterocycles. The van der Waals surface area contributed by atoms with Gasteiger partial charge in [0.15, 0.2) is 5.69 Å². The van der Waals surface area contributed by atoms with Gasteiger partial charge in [-0.3, -0.25) is 9.59 Å². The molecule has 5 N–H and O–H groups in total. The van der Waals surface area contributed by atoms with Crippen molar-refractivity contribution in [2.45, 2.75) is 6.42 Å². The zero-order valence-electron chi connectivity index (χ0n) is 15.3. The average molecular weight is 407 g/mol. The molecule has 1 aliphatic rings. The molecule has 0 atom stereocenters. The number of imidazole rings is 1. The second-order valence-corrected chi connectivity index (χ2v) is 6.79. The number of ether oxygens (including phenoxy) is 1. The molecule has 1 saturated heterocycles. The fourth-order valence-electron chi connectivity index (χ4n) is 2.94. The second-order valence-electron chi connectivity index (χ2n) is 6.38. The molecule has 0 unspecified atom stereocenters. The lowest BCUT2D eigenvalue weighted by atomic mass is 10.2. The van der Waals surface area contributed by atoms with Gasteiger partial charge in [-0.05, 0) is 18.6 Å². The molecule has 150 valence electrons. The fourth-order valence-corrected chi connectivity index (χ4v) is 3.16. The van der Waals surface area contributed by atoms with Gasteiger partial charge in [0.05, 0.1) is 23.6 Å². The van der Waals surface area contributed by atoms with Crippen LogP contribution in [0.5, 0.6) is 5.75 Å². The van der Waals surface area contributed by atoms with E-state index in [2.05, 4.69) is 25.5 Å². The maximum Gasteiger partial charge on any atom is 0.274 e. The first-order chi connectivity index (χ1) is 13.5. The van der Waals surface area contributed by atoms with E-state index in [0.29, 0.717) is 23.1 Å². The van der Waals surface area contributed by atoms with E-state index < -0.39 is 11.8 Å². The number of carbonyl (C=O) groups excluding carboxylic acids is 2. The number of primary amides is 1. The summed E-state index contributed by atoms with van der Waals surface area (Å²) in [5, 5.41) is 6.28. The van der Waals surface area contributed by atoms with Crippen LogP contribution in [0.4, 0.5) is 5.69 Å². The molecule has 2 aromatic rings. The minimum absolute atomic E-state index is 0.0168. The molecule has 0 bridgehead atoms.